The number of aliphatic hydroxyl groups excluding tert-OH is 1. The van der Waals surface area contributed by atoms with Crippen LogP contribution in [-0.4, -0.2) is 20.0 Å². The van der Waals surface area contributed by atoms with Gasteiger partial charge < -0.3 is 9.53 Å². The molecule has 1 rings (SSSR count). The first-order chi connectivity index (χ1) is 9.28. The summed E-state index contributed by atoms with van der Waals surface area (Å²) in [6.45, 7) is 11.4. The second kappa shape index (κ2) is 7.09. The smallest absolute Gasteiger partial charge is 0.250 e. The molecule has 0 atom stereocenters. The highest BCUT2D eigenvalue weighted by atomic mass is 28.4. The standard InChI is InChI=1S/C17H28O2Si/c1-17(2,3)20(4,5)19-16-13-9-8-12-15(16)11-7-6-10-14-18/h6,8-10,12-13,18H,7,11,14H2,1-5H3/b10-6-. The fourth-order valence-corrected chi connectivity index (χ4v) is 2.72. The van der Waals surface area contributed by atoms with Crippen LogP contribution in [0.1, 0.15) is 32.8 Å². The maximum Gasteiger partial charge on any atom is 0.250 e. The quantitative estimate of drug-likeness (QED) is 0.615. The van der Waals surface area contributed by atoms with Gasteiger partial charge in [0, 0.05) is 0 Å². The topological polar surface area (TPSA) is 29.5 Å². The fraction of sp³-hybridized carbons (Fsp3) is 0.529. The van der Waals surface area contributed by atoms with Crippen molar-refractivity contribution in [2.75, 3.05) is 6.61 Å². The number of aliphatic hydroxyl groups is 1. The third-order valence-electron chi connectivity index (χ3n) is 4.00. The van der Waals surface area contributed by atoms with Crippen molar-refractivity contribution in [2.24, 2.45) is 0 Å². The van der Waals surface area contributed by atoms with Crippen LogP contribution in [0, 0.1) is 0 Å². The van der Waals surface area contributed by atoms with Crippen molar-refractivity contribution in [3.63, 3.8) is 0 Å². The zero-order valence-electron chi connectivity index (χ0n) is 13.4. The van der Waals surface area contributed by atoms with Gasteiger partial charge in [-0.2, -0.15) is 0 Å². The minimum Gasteiger partial charge on any atom is -0.543 e. The minimum absolute atomic E-state index is 0.113. The molecule has 0 aliphatic carbocycles. The Morgan fingerprint density at radius 2 is 1.80 bits per heavy atom. The lowest BCUT2D eigenvalue weighted by atomic mass is 10.1. The van der Waals surface area contributed by atoms with Gasteiger partial charge in [0.15, 0.2) is 0 Å². The monoisotopic (exact) mass is 292 g/mol. The molecule has 2 nitrogen and oxygen atoms in total. The SMILES string of the molecule is CC(C)(C)[Si](C)(C)Oc1ccccc1CC/C=C\CO. The zero-order chi connectivity index (χ0) is 15.2. The molecule has 112 valence electrons. The Morgan fingerprint density at radius 3 is 2.40 bits per heavy atom. The van der Waals surface area contributed by atoms with E-state index in [0.717, 1.165) is 18.6 Å². The Labute approximate surface area is 124 Å². The summed E-state index contributed by atoms with van der Waals surface area (Å²) in [5.74, 6) is 1.02. The van der Waals surface area contributed by atoms with Gasteiger partial charge >= 0.3 is 0 Å². The van der Waals surface area contributed by atoms with E-state index in [1.54, 1.807) is 6.08 Å². The molecule has 20 heavy (non-hydrogen) atoms. The van der Waals surface area contributed by atoms with Crippen LogP contribution in [0.5, 0.6) is 5.75 Å². The average Bonchev–Trinajstić information content (AvgIpc) is 2.35. The highest BCUT2D eigenvalue weighted by Gasteiger charge is 2.39. The summed E-state index contributed by atoms with van der Waals surface area (Å²) in [5, 5.41) is 8.96. The molecule has 0 fully saturated rings. The largest absolute Gasteiger partial charge is 0.543 e. The predicted molar refractivity (Wildman–Crippen MR) is 88.8 cm³/mol. The summed E-state index contributed by atoms with van der Waals surface area (Å²) in [7, 11) is -1.79. The summed E-state index contributed by atoms with van der Waals surface area (Å²) in [4.78, 5) is 0. The second-order valence-electron chi connectivity index (χ2n) is 6.66. The molecule has 3 heteroatoms. The zero-order valence-corrected chi connectivity index (χ0v) is 14.4. The van der Waals surface area contributed by atoms with Crippen LogP contribution in [-0.2, 0) is 6.42 Å². The van der Waals surface area contributed by atoms with Crippen LogP contribution in [0.2, 0.25) is 18.1 Å². The van der Waals surface area contributed by atoms with Crippen LogP contribution in [0.15, 0.2) is 36.4 Å². The first-order valence-electron chi connectivity index (χ1n) is 7.31. The van der Waals surface area contributed by atoms with E-state index in [0.29, 0.717) is 0 Å². The summed E-state index contributed by atoms with van der Waals surface area (Å²) in [5.41, 5.74) is 1.25. The van der Waals surface area contributed by atoms with E-state index in [1.807, 2.05) is 12.1 Å². The van der Waals surface area contributed by atoms with Crippen molar-refractivity contribution < 1.29 is 9.53 Å². The molecule has 0 spiro atoms. The molecule has 0 aliphatic rings. The van der Waals surface area contributed by atoms with Gasteiger partial charge in [-0.05, 0) is 42.6 Å². The average molecular weight is 292 g/mol. The molecule has 1 aromatic carbocycles. The summed E-state index contributed by atoms with van der Waals surface area (Å²) in [6, 6.07) is 8.31. The molecular formula is C17H28O2Si. The Hall–Kier alpha value is -1.06. The van der Waals surface area contributed by atoms with E-state index in [9.17, 15) is 0 Å². The number of benzene rings is 1. The van der Waals surface area contributed by atoms with E-state index >= 15 is 0 Å². The minimum atomic E-state index is -1.79. The lowest BCUT2D eigenvalue weighted by Crippen LogP contribution is -2.44. The summed E-state index contributed by atoms with van der Waals surface area (Å²) >= 11 is 0. The third-order valence-corrected chi connectivity index (χ3v) is 8.34. The van der Waals surface area contributed by atoms with Crippen LogP contribution in [0.4, 0.5) is 0 Å². The van der Waals surface area contributed by atoms with Crippen LogP contribution >= 0.6 is 0 Å². The normalized spacial score (nSPS) is 12.9. The number of hydrogen-bond donors (Lipinski definition) is 1. The van der Waals surface area contributed by atoms with Crippen molar-refractivity contribution >= 4 is 8.32 Å². The van der Waals surface area contributed by atoms with Crippen molar-refractivity contribution in [1.82, 2.24) is 0 Å². The number of aryl methyl sites for hydroxylation is 1. The predicted octanol–water partition coefficient (Wildman–Crippen LogP) is 4.55. The maximum absolute atomic E-state index is 8.75. The molecule has 0 saturated carbocycles. The summed E-state index contributed by atoms with van der Waals surface area (Å²) < 4.78 is 6.42. The number of para-hydroxylation sites is 1. The van der Waals surface area contributed by atoms with Gasteiger partial charge in [0.05, 0.1) is 6.61 Å². The number of allylic oxidation sites excluding steroid dienone is 1. The van der Waals surface area contributed by atoms with E-state index < -0.39 is 8.32 Å². The Bertz CT molecular complexity index is 445. The van der Waals surface area contributed by atoms with Crippen molar-refractivity contribution in [3.8, 4) is 5.75 Å². The lowest BCUT2D eigenvalue weighted by Gasteiger charge is -2.37. The summed E-state index contributed by atoms with van der Waals surface area (Å²) in [6.07, 6.45) is 5.68. The second-order valence-corrected chi connectivity index (χ2v) is 11.4. The molecule has 1 N–H and O–H groups in total. The van der Waals surface area contributed by atoms with Gasteiger partial charge in [-0.3, -0.25) is 0 Å². The van der Waals surface area contributed by atoms with E-state index in [1.165, 1.54) is 5.56 Å². The molecule has 0 heterocycles. The molecule has 0 aromatic heterocycles. The van der Waals surface area contributed by atoms with Gasteiger partial charge in [-0.1, -0.05) is 51.1 Å². The number of rotatable bonds is 6. The lowest BCUT2D eigenvalue weighted by molar-refractivity contribution is 0.342. The van der Waals surface area contributed by atoms with Gasteiger partial charge in [0.1, 0.15) is 5.75 Å². The van der Waals surface area contributed by atoms with Gasteiger partial charge in [-0.25, -0.2) is 0 Å². The molecule has 0 radical (unpaired) electrons. The Morgan fingerprint density at radius 1 is 1.15 bits per heavy atom. The van der Waals surface area contributed by atoms with Gasteiger partial charge in [-0.15, -0.1) is 0 Å². The van der Waals surface area contributed by atoms with Crippen LogP contribution in [0.25, 0.3) is 0 Å². The van der Waals surface area contributed by atoms with E-state index in [4.69, 9.17) is 9.53 Å². The highest BCUT2D eigenvalue weighted by molar-refractivity contribution is 6.74. The van der Waals surface area contributed by atoms with Crippen LogP contribution < -0.4 is 4.43 Å². The third kappa shape index (κ3) is 4.80. The number of hydrogen-bond acceptors (Lipinski definition) is 2. The van der Waals surface area contributed by atoms with Crippen molar-refractivity contribution in [2.45, 2.75) is 51.7 Å². The van der Waals surface area contributed by atoms with Gasteiger partial charge in [0.25, 0.3) is 0 Å². The highest BCUT2D eigenvalue weighted by Crippen LogP contribution is 2.38. The molecule has 1 aromatic rings. The molecule has 0 unspecified atom stereocenters. The Balaban J connectivity index is 2.83. The first kappa shape index (κ1) is 17.0. The van der Waals surface area contributed by atoms with Crippen molar-refractivity contribution in [3.05, 3.63) is 42.0 Å². The van der Waals surface area contributed by atoms with Crippen molar-refractivity contribution in [1.29, 1.82) is 0 Å². The van der Waals surface area contributed by atoms with Gasteiger partial charge in [0.2, 0.25) is 8.32 Å². The molecule has 0 aliphatic heterocycles. The first-order valence-corrected chi connectivity index (χ1v) is 10.2. The molecule has 0 bridgehead atoms. The fourth-order valence-electron chi connectivity index (χ4n) is 1.67. The molecular weight excluding hydrogens is 264 g/mol. The maximum atomic E-state index is 8.75. The Kier molecular flexibility index (Phi) is 6.02. The molecule has 0 saturated heterocycles. The van der Waals surface area contributed by atoms with E-state index in [-0.39, 0.29) is 11.6 Å². The van der Waals surface area contributed by atoms with Crippen LogP contribution in [0.3, 0.4) is 0 Å². The van der Waals surface area contributed by atoms with E-state index in [2.05, 4.69) is 52.1 Å². The molecule has 0 amide bonds.